The number of hydrogen-bond donors (Lipinski definition) is 1. The summed E-state index contributed by atoms with van der Waals surface area (Å²) in [5.41, 5.74) is 1.76. The third-order valence-corrected chi connectivity index (χ3v) is 8.25. The van der Waals surface area contributed by atoms with E-state index >= 15 is 0 Å². The van der Waals surface area contributed by atoms with Crippen molar-refractivity contribution in [2.45, 2.75) is 45.3 Å². The van der Waals surface area contributed by atoms with Gasteiger partial charge in [0.25, 0.3) is 0 Å². The summed E-state index contributed by atoms with van der Waals surface area (Å²) in [7, 11) is -1.07. The first-order valence-electron chi connectivity index (χ1n) is 13.5. The summed E-state index contributed by atoms with van der Waals surface area (Å²) >= 11 is 6.10. The van der Waals surface area contributed by atoms with Gasteiger partial charge in [0, 0.05) is 30.1 Å². The first kappa shape index (κ1) is 32.8. The van der Waals surface area contributed by atoms with Crippen molar-refractivity contribution < 1.29 is 27.5 Å². The second kappa shape index (κ2) is 14.9. The highest BCUT2D eigenvalue weighted by atomic mass is 35.5. The fourth-order valence-corrected chi connectivity index (χ4v) is 5.35. The standard InChI is InChI=1S/C31H38ClN3O6S/c1-6-22(2)33-31(37)28(18-23-10-8-7-9-11-23)34(20-24-12-14-25(32)15-13-24)30(36)21-35(42(5,38)39)27-17-16-26(40-3)19-29(27)41-4/h7-17,19,22,28H,6,18,20-21H2,1-5H3,(H,33,37)/t22-,28+/m0/s1. The minimum atomic E-state index is -3.96. The van der Waals surface area contributed by atoms with Gasteiger partial charge in [-0.2, -0.15) is 0 Å². The van der Waals surface area contributed by atoms with E-state index in [1.165, 1.54) is 25.2 Å². The molecule has 0 saturated carbocycles. The summed E-state index contributed by atoms with van der Waals surface area (Å²) in [5, 5.41) is 3.54. The van der Waals surface area contributed by atoms with Crippen molar-refractivity contribution in [3.8, 4) is 11.5 Å². The molecule has 0 bridgehead atoms. The summed E-state index contributed by atoms with van der Waals surface area (Å²) in [6.45, 7) is 3.35. The Bertz CT molecular complexity index is 1450. The van der Waals surface area contributed by atoms with Gasteiger partial charge in [0.2, 0.25) is 21.8 Å². The highest BCUT2D eigenvalue weighted by Crippen LogP contribution is 2.34. The van der Waals surface area contributed by atoms with Crippen LogP contribution in [0.25, 0.3) is 0 Å². The molecule has 0 aliphatic carbocycles. The number of halogens is 1. The second-order valence-corrected chi connectivity index (χ2v) is 12.3. The Morgan fingerprint density at radius 3 is 2.19 bits per heavy atom. The molecular formula is C31H38ClN3O6S. The van der Waals surface area contributed by atoms with Crippen LogP contribution in [0.3, 0.4) is 0 Å². The number of rotatable bonds is 14. The first-order chi connectivity index (χ1) is 20.0. The van der Waals surface area contributed by atoms with Crippen LogP contribution in [-0.4, -0.2) is 64.2 Å². The Morgan fingerprint density at radius 1 is 0.952 bits per heavy atom. The average molecular weight is 616 g/mol. The van der Waals surface area contributed by atoms with E-state index in [0.717, 1.165) is 21.7 Å². The Morgan fingerprint density at radius 2 is 1.62 bits per heavy atom. The highest BCUT2D eigenvalue weighted by molar-refractivity contribution is 7.92. The molecule has 3 aromatic carbocycles. The van der Waals surface area contributed by atoms with Gasteiger partial charge in [-0.3, -0.25) is 13.9 Å². The highest BCUT2D eigenvalue weighted by Gasteiger charge is 2.34. The molecule has 0 fully saturated rings. The van der Waals surface area contributed by atoms with Crippen LogP contribution in [0, 0.1) is 0 Å². The van der Waals surface area contributed by atoms with Crippen molar-refractivity contribution in [3.63, 3.8) is 0 Å². The van der Waals surface area contributed by atoms with Crippen LogP contribution >= 0.6 is 11.6 Å². The summed E-state index contributed by atoms with van der Waals surface area (Å²) in [6, 6.07) is 19.9. The van der Waals surface area contributed by atoms with E-state index in [9.17, 15) is 18.0 Å². The van der Waals surface area contributed by atoms with Gasteiger partial charge in [-0.25, -0.2) is 8.42 Å². The van der Waals surface area contributed by atoms with Crippen LogP contribution in [0.15, 0.2) is 72.8 Å². The number of nitrogens with zero attached hydrogens (tertiary/aromatic N) is 2. The molecule has 2 amide bonds. The SMILES string of the molecule is CC[C@H](C)NC(=O)[C@@H](Cc1ccccc1)N(Cc1ccc(Cl)cc1)C(=O)CN(c1ccc(OC)cc1OC)S(C)(=O)=O. The molecule has 0 aliphatic heterocycles. The number of carbonyl (C=O) groups is 2. The molecule has 9 nitrogen and oxygen atoms in total. The van der Waals surface area contributed by atoms with E-state index in [1.54, 1.807) is 36.4 Å². The molecule has 0 aliphatic rings. The van der Waals surface area contributed by atoms with Crippen molar-refractivity contribution >= 4 is 39.1 Å². The lowest BCUT2D eigenvalue weighted by atomic mass is 10.0. The van der Waals surface area contributed by atoms with Gasteiger partial charge in [-0.05, 0) is 48.7 Å². The van der Waals surface area contributed by atoms with Crippen molar-refractivity contribution in [2.24, 2.45) is 0 Å². The summed E-state index contributed by atoms with van der Waals surface area (Å²) in [5.74, 6) is -0.214. The topological polar surface area (TPSA) is 105 Å². The predicted molar refractivity (Wildman–Crippen MR) is 166 cm³/mol. The number of nitrogens with one attached hydrogen (secondary N) is 1. The predicted octanol–water partition coefficient (Wildman–Crippen LogP) is 4.68. The molecule has 0 aromatic heterocycles. The Hall–Kier alpha value is -3.76. The zero-order valence-electron chi connectivity index (χ0n) is 24.5. The fraction of sp³-hybridized carbons (Fsp3) is 0.355. The van der Waals surface area contributed by atoms with Gasteiger partial charge in [0.15, 0.2) is 0 Å². The van der Waals surface area contributed by atoms with Gasteiger partial charge in [0.1, 0.15) is 24.1 Å². The van der Waals surface area contributed by atoms with E-state index in [-0.39, 0.29) is 36.4 Å². The molecular weight excluding hydrogens is 578 g/mol. The number of methoxy groups -OCH3 is 2. The zero-order chi connectivity index (χ0) is 30.9. The molecule has 3 aromatic rings. The van der Waals surface area contributed by atoms with Crippen molar-refractivity contribution in [1.29, 1.82) is 0 Å². The van der Waals surface area contributed by atoms with Gasteiger partial charge in [0.05, 0.1) is 26.2 Å². The molecule has 0 radical (unpaired) electrons. The molecule has 42 heavy (non-hydrogen) atoms. The average Bonchev–Trinajstić information content (AvgIpc) is 2.98. The summed E-state index contributed by atoms with van der Waals surface area (Å²) < 4.78 is 37.8. The van der Waals surface area contributed by atoms with Crippen molar-refractivity contribution in [3.05, 3.63) is 88.9 Å². The first-order valence-corrected chi connectivity index (χ1v) is 15.8. The minimum absolute atomic E-state index is 0.0543. The fourth-order valence-electron chi connectivity index (χ4n) is 4.37. The summed E-state index contributed by atoms with van der Waals surface area (Å²) in [6.07, 6.45) is 1.95. The van der Waals surface area contributed by atoms with Gasteiger partial charge >= 0.3 is 0 Å². The molecule has 1 N–H and O–H groups in total. The molecule has 0 unspecified atom stereocenters. The Balaban J connectivity index is 2.09. The lowest BCUT2D eigenvalue weighted by Gasteiger charge is -2.34. The third kappa shape index (κ3) is 8.87. The Labute approximate surface area is 253 Å². The lowest BCUT2D eigenvalue weighted by molar-refractivity contribution is -0.140. The van der Waals surface area contributed by atoms with Crippen molar-refractivity contribution in [2.75, 3.05) is 31.3 Å². The number of ether oxygens (including phenoxy) is 2. The van der Waals surface area contributed by atoms with Crippen LogP contribution < -0.4 is 19.1 Å². The summed E-state index contributed by atoms with van der Waals surface area (Å²) in [4.78, 5) is 29.4. The maximum Gasteiger partial charge on any atom is 0.244 e. The van der Waals surface area contributed by atoms with Gasteiger partial charge in [-0.1, -0.05) is 61.0 Å². The molecule has 11 heteroatoms. The molecule has 3 rings (SSSR count). The quantitative estimate of drug-likeness (QED) is 0.282. The number of benzene rings is 3. The Kier molecular flexibility index (Phi) is 11.6. The van der Waals surface area contributed by atoms with E-state index in [0.29, 0.717) is 17.2 Å². The molecule has 226 valence electrons. The number of amides is 2. The van der Waals surface area contributed by atoms with E-state index in [1.807, 2.05) is 44.2 Å². The van der Waals surface area contributed by atoms with E-state index in [2.05, 4.69) is 5.32 Å². The number of anilines is 1. The van der Waals surface area contributed by atoms with E-state index in [4.69, 9.17) is 21.1 Å². The van der Waals surface area contributed by atoms with E-state index < -0.39 is 28.5 Å². The van der Waals surface area contributed by atoms with Crippen LogP contribution in [0.1, 0.15) is 31.4 Å². The van der Waals surface area contributed by atoms with Crippen LogP contribution in [0.4, 0.5) is 5.69 Å². The number of hydrogen-bond acceptors (Lipinski definition) is 6. The molecule has 0 heterocycles. The van der Waals surface area contributed by atoms with Gasteiger partial charge in [-0.15, -0.1) is 0 Å². The van der Waals surface area contributed by atoms with Crippen LogP contribution in [0.2, 0.25) is 5.02 Å². The molecule has 2 atom stereocenters. The molecule has 0 saturated heterocycles. The minimum Gasteiger partial charge on any atom is -0.497 e. The number of sulfonamides is 1. The third-order valence-electron chi connectivity index (χ3n) is 6.87. The second-order valence-electron chi connectivity index (χ2n) is 9.98. The maximum atomic E-state index is 14.2. The smallest absolute Gasteiger partial charge is 0.244 e. The van der Waals surface area contributed by atoms with Crippen molar-refractivity contribution in [1.82, 2.24) is 10.2 Å². The monoisotopic (exact) mass is 615 g/mol. The number of carbonyl (C=O) groups excluding carboxylic acids is 2. The maximum absolute atomic E-state index is 14.2. The largest absolute Gasteiger partial charge is 0.497 e. The van der Waals surface area contributed by atoms with Gasteiger partial charge < -0.3 is 19.7 Å². The normalized spacial score (nSPS) is 12.6. The van der Waals surface area contributed by atoms with Crippen LogP contribution in [-0.2, 0) is 32.6 Å². The molecule has 0 spiro atoms. The lowest BCUT2D eigenvalue weighted by Crippen LogP contribution is -2.54. The zero-order valence-corrected chi connectivity index (χ0v) is 26.1. The van der Waals surface area contributed by atoms with Crippen LogP contribution in [0.5, 0.6) is 11.5 Å².